The number of aliphatic carboxylic acids is 1. The topological polar surface area (TPSA) is 110 Å². The van der Waals surface area contributed by atoms with E-state index in [0.29, 0.717) is 26.1 Å². The molecule has 28 heavy (non-hydrogen) atoms. The van der Waals surface area contributed by atoms with E-state index in [0.717, 1.165) is 10.5 Å². The smallest absolute Gasteiger partial charge is 0.325 e. The third-order valence-corrected chi connectivity index (χ3v) is 5.70. The van der Waals surface area contributed by atoms with Crippen molar-refractivity contribution in [1.29, 1.82) is 0 Å². The first-order valence-corrected chi connectivity index (χ1v) is 9.32. The van der Waals surface area contributed by atoms with E-state index in [4.69, 9.17) is 5.11 Å². The summed E-state index contributed by atoms with van der Waals surface area (Å²) in [6.45, 7) is 1.54. The van der Waals surface area contributed by atoms with Gasteiger partial charge in [-0.05, 0) is 18.4 Å². The van der Waals surface area contributed by atoms with Gasteiger partial charge in [0.05, 0.1) is 0 Å². The average molecular weight is 386 g/mol. The summed E-state index contributed by atoms with van der Waals surface area (Å²) in [7, 11) is 0. The first kappa shape index (κ1) is 18.4. The predicted octanol–water partition coefficient (Wildman–Crippen LogP) is -0.132. The van der Waals surface area contributed by atoms with Gasteiger partial charge in [0, 0.05) is 26.2 Å². The number of carbonyl (C=O) groups is 4. The second-order valence-electron chi connectivity index (χ2n) is 7.59. The van der Waals surface area contributed by atoms with Crippen molar-refractivity contribution >= 4 is 23.8 Å². The Labute approximate surface area is 161 Å². The van der Waals surface area contributed by atoms with Gasteiger partial charge < -0.3 is 15.3 Å². The Balaban J connectivity index is 1.46. The van der Waals surface area contributed by atoms with Crippen LogP contribution in [0.25, 0.3) is 0 Å². The lowest BCUT2D eigenvalue weighted by atomic mass is 9.98. The van der Waals surface area contributed by atoms with Crippen molar-refractivity contribution in [2.24, 2.45) is 0 Å². The molecule has 0 aliphatic carbocycles. The van der Waals surface area contributed by atoms with Crippen molar-refractivity contribution in [2.75, 3.05) is 26.2 Å². The summed E-state index contributed by atoms with van der Waals surface area (Å²) in [6.07, 6.45) is 0.746. The third kappa shape index (κ3) is 3.11. The van der Waals surface area contributed by atoms with Crippen LogP contribution in [0.4, 0.5) is 4.79 Å². The molecule has 3 aliphatic heterocycles. The average Bonchev–Trinajstić information content (AvgIpc) is 3.28. The number of carbonyl (C=O) groups excluding carboxylic acids is 3. The molecule has 4 rings (SSSR count). The summed E-state index contributed by atoms with van der Waals surface area (Å²) in [6, 6.07) is 8.40. The lowest BCUT2D eigenvalue weighted by molar-refractivity contribution is -0.145. The molecule has 3 heterocycles. The molecule has 2 N–H and O–H groups in total. The van der Waals surface area contributed by atoms with E-state index < -0.39 is 36.0 Å². The largest absolute Gasteiger partial charge is 0.480 e. The second-order valence-corrected chi connectivity index (χ2v) is 7.59. The van der Waals surface area contributed by atoms with E-state index >= 15 is 0 Å². The maximum Gasteiger partial charge on any atom is 0.325 e. The fourth-order valence-corrected chi connectivity index (χ4v) is 4.35. The van der Waals surface area contributed by atoms with Crippen molar-refractivity contribution in [3.63, 3.8) is 0 Å². The minimum atomic E-state index is -1.12. The lowest BCUT2D eigenvalue weighted by Gasteiger charge is -2.24. The predicted molar refractivity (Wildman–Crippen MR) is 97.1 cm³/mol. The highest BCUT2D eigenvalue weighted by Crippen LogP contribution is 2.32. The van der Waals surface area contributed by atoms with Gasteiger partial charge >= 0.3 is 12.0 Å². The summed E-state index contributed by atoms with van der Waals surface area (Å²) < 4.78 is 0. The summed E-state index contributed by atoms with van der Waals surface area (Å²) in [5.74, 6) is -1.99. The van der Waals surface area contributed by atoms with Gasteiger partial charge in [-0.2, -0.15) is 0 Å². The highest BCUT2D eigenvalue weighted by molar-refractivity contribution is 6.10. The van der Waals surface area contributed by atoms with Crippen molar-refractivity contribution in [3.05, 3.63) is 35.9 Å². The molecule has 3 aliphatic rings. The number of nitrogens with one attached hydrogen (secondary N) is 1. The van der Waals surface area contributed by atoms with E-state index in [1.165, 1.54) is 4.90 Å². The molecule has 0 saturated carbocycles. The monoisotopic (exact) mass is 386 g/mol. The molecule has 2 atom stereocenters. The number of imide groups is 1. The first-order valence-electron chi connectivity index (χ1n) is 9.32. The fraction of sp³-hybridized carbons (Fsp3) is 0.474. The minimum Gasteiger partial charge on any atom is -0.480 e. The minimum absolute atomic E-state index is 0.222. The Kier molecular flexibility index (Phi) is 4.54. The van der Waals surface area contributed by atoms with Gasteiger partial charge in [0.15, 0.2) is 0 Å². The van der Waals surface area contributed by atoms with Crippen molar-refractivity contribution < 1.29 is 24.3 Å². The Morgan fingerprint density at radius 1 is 1.18 bits per heavy atom. The summed E-state index contributed by atoms with van der Waals surface area (Å²) in [5, 5.41) is 11.7. The van der Waals surface area contributed by atoms with Crippen LogP contribution in [0.3, 0.4) is 0 Å². The number of rotatable bonds is 5. The van der Waals surface area contributed by atoms with Crippen LogP contribution in [0, 0.1) is 0 Å². The number of hydrogen-bond donors (Lipinski definition) is 2. The van der Waals surface area contributed by atoms with Gasteiger partial charge in [-0.3, -0.25) is 19.3 Å². The van der Waals surface area contributed by atoms with Crippen molar-refractivity contribution in [3.8, 4) is 0 Å². The quantitative estimate of drug-likeness (QED) is 0.682. The Bertz CT molecular complexity index is 829. The maximum atomic E-state index is 13.1. The van der Waals surface area contributed by atoms with Crippen LogP contribution in [-0.2, 0) is 20.9 Å². The molecule has 0 aromatic heterocycles. The molecule has 3 fully saturated rings. The van der Waals surface area contributed by atoms with Crippen LogP contribution >= 0.6 is 0 Å². The van der Waals surface area contributed by atoms with E-state index in [1.807, 2.05) is 30.3 Å². The highest BCUT2D eigenvalue weighted by atomic mass is 16.4. The van der Waals surface area contributed by atoms with E-state index in [9.17, 15) is 19.2 Å². The molecule has 3 saturated heterocycles. The summed E-state index contributed by atoms with van der Waals surface area (Å²) in [5.41, 5.74) is 0.121. The molecule has 1 aromatic carbocycles. The molecule has 4 amide bonds. The van der Waals surface area contributed by atoms with Gasteiger partial charge in [-0.15, -0.1) is 0 Å². The number of hydrogen-bond acceptors (Lipinski definition) is 5. The van der Waals surface area contributed by atoms with Gasteiger partial charge in [0.25, 0.3) is 5.91 Å². The van der Waals surface area contributed by atoms with Gasteiger partial charge in [0.2, 0.25) is 5.91 Å². The lowest BCUT2D eigenvalue weighted by Crippen LogP contribution is -2.51. The highest BCUT2D eigenvalue weighted by Gasteiger charge is 2.58. The molecule has 9 nitrogen and oxygen atoms in total. The van der Waals surface area contributed by atoms with Crippen LogP contribution in [0.5, 0.6) is 0 Å². The zero-order valence-corrected chi connectivity index (χ0v) is 15.3. The third-order valence-electron chi connectivity index (χ3n) is 5.70. The van der Waals surface area contributed by atoms with E-state index in [1.54, 1.807) is 0 Å². The Morgan fingerprint density at radius 2 is 1.93 bits per heavy atom. The SMILES string of the molecule is O=C(O)CN1CCC(N2C(=O)NC3(CCN(Cc4ccccc4)C3)C2=O)C1=O. The van der Waals surface area contributed by atoms with E-state index in [-0.39, 0.29) is 18.9 Å². The van der Waals surface area contributed by atoms with E-state index in [2.05, 4.69) is 10.2 Å². The molecule has 0 bridgehead atoms. The van der Waals surface area contributed by atoms with Gasteiger partial charge in [-0.1, -0.05) is 30.3 Å². The van der Waals surface area contributed by atoms with Gasteiger partial charge in [-0.25, -0.2) is 9.69 Å². The number of amides is 4. The van der Waals surface area contributed by atoms with Crippen LogP contribution in [0.2, 0.25) is 0 Å². The zero-order valence-electron chi connectivity index (χ0n) is 15.3. The van der Waals surface area contributed by atoms with Gasteiger partial charge in [0.1, 0.15) is 18.1 Å². The number of likely N-dealkylation sites (tertiary alicyclic amines) is 2. The number of carboxylic acid groups (broad SMARTS) is 1. The molecule has 0 radical (unpaired) electrons. The molecular formula is C19H22N4O5. The first-order chi connectivity index (χ1) is 13.4. The summed E-state index contributed by atoms with van der Waals surface area (Å²) in [4.78, 5) is 53.4. The molecular weight excluding hydrogens is 364 g/mol. The van der Waals surface area contributed by atoms with Crippen LogP contribution < -0.4 is 5.32 Å². The zero-order chi connectivity index (χ0) is 19.9. The van der Waals surface area contributed by atoms with Crippen LogP contribution in [0.15, 0.2) is 30.3 Å². The van der Waals surface area contributed by atoms with Crippen LogP contribution in [-0.4, -0.2) is 81.4 Å². The normalized spacial score (nSPS) is 27.9. The second kappa shape index (κ2) is 6.90. The molecule has 9 heteroatoms. The number of carboxylic acids is 1. The number of nitrogens with zero attached hydrogens (tertiary/aromatic N) is 3. The fourth-order valence-electron chi connectivity index (χ4n) is 4.35. The Morgan fingerprint density at radius 3 is 2.64 bits per heavy atom. The standard InChI is InChI=1S/C19H22N4O5/c24-15(25)11-22-8-6-14(16(22)26)23-17(27)19(20-18(23)28)7-9-21(12-19)10-13-4-2-1-3-5-13/h1-5,14H,6-12H2,(H,20,28)(H,24,25). The molecule has 148 valence electrons. The Hall–Kier alpha value is -2.94. The number of benzene rings is 1. The van der Waals surface area contributed by atoms with Crippen LogP contribution in [0.1, 0.15) is 18.4 Å². The van der Waals surface area contributed by atoms with Crippen molar-refractivity contribution in [1.82, 2.24) is 20.0 Å². The molecule has 1 spiro atoms. The number of urea groups is 1. The molecule has 1 aromatic rings. The maximum absolute atomic E-state index is 13.1. The van der Waals surface area contributed by atoms with Crippen molar-refractivity contribution in [2.45, 2.75) is 31.0 Å². The summed E-state index contributed by atoms with van der Waals surface area (Å²) >= 11 is 0. The molecule has 2 unspecified atom stereocenters.